The van der Waals surface area contributed by atoms with Crippen molar-refractivity contribution < 1.29 is 33.9 Å². The summed E-state index contributed by atoms with van der Waals surface area (Å²) in [5.41, 5.74) is -1.98. The van der Waals surface area contributed by atoms with Gasteiger partial charge >= 0.3 is 11.9 Å². The van der Waals surface area contributed by atoms with Crippen molar-refractivity contribution in [1.82, 2.24) is 0 Å². The Morgan fingerprint density at radius 3 is 2.59 bits per heavy atom. The van der Waals surface area contributed by atoms with Gasteiger partial charge in [0.15, 0.2) is 0 Å². The van der Waals surface area contributed by atoms with E-state index in [2.05, 4.69) is 6.58 Å². The minimum absolute atomic E-state index is 0.0993. The van der Waals surface area contributed by atoms with Crippen LogP contribution in [0.1, 0.15) is 47.0 Å². The van der Waals surface area contributed by atoms with Gasteiger partial charge in [0.05, 0.1) is 17.4 Å². The number of ether oxygens (including phenoxy) is 2. The Balaban J connectivity index is 1.78. The Hall–Kier alpha value is -1.70. The van der Waals surface area contributed by atoms with Gasteiger partial charge in [0, 0.05) is 18.1 Å². The van der Waals surface area contributed by atoms with Gasteiger partial charge in [-0.05, 0) is 40.5 Å². The van der Waals surface area contributed by atoms with Crippen LogP contribution in [-0.2, 0) is 28.8 Å². The molecule has 7 atom stereocenters. The molecule has 0 spiro atoms. The summed E-state index contributed by atoms with van der Waals surface area (Å²) in [5.74, 6) is -1.94. The minimum Gasteiger partial charge on any atom is -0.458 e. The Labute approximate surface area is 158 Å². The van der Waals surface area contributed by atoms with E-state index in [1.807, 2.05) is 6.92 Å². The van der Waals surface area contributed by atoms with Crippen molar-refractivity contribution >= 4 is 11.9 Å². The van der Waals surface area contributed by atoms with Gasteiger partial charge in [0.1, 0.15) is 23.4 Å². The normalized spacial score (nSPS) is 47.7. The van der Waals surface area contributed by atoms with Crippen LogP contribution in [0.3, 0.4) is 0 Å². The van der Waals surface area contributed by atoms with E-state index in [1.165, 1.54) is 6.08 Å². The average molecular weight is 378 g/mol. The van der Waals surface area contributed by atoms with Gasteiger partial charge in [-0.3, -0.25) is 0 Å². The summed E-state index contributed by atoms with van der Waals surface area (Å²) in [7, 11) is 0. The largest absolute Gasteiger partial charge is 0.458 e. The van der Waals surface area contributed by atoms with E-state index in [-0.39, 0.29) is 17.9 Å². The predicted octanol–water partition coefficient (Wildman–Crippen LogP) is 1.99. The number of hydrogen-bond acceptors (Lipinski definition) is 7. The van der Waals surface area contributed by atoms with E-state index in [4.69, 9.17) is 19.2 Å². The Kier molecular flexibility index (Phi) is 3.91. The van der Waals surface area contributed by atoms with Crippen LogP contribution in [0.25, 0.3) is 0 Å². The third-order valence-electron chi connectivity index (χ3n) is 6.71. The molecule has 2 aliphatic heterocycles. The molecule has 4 rings (SSSR count). The summed E-state index contributed by atoms with van der Waals surface area (Å²) in [5, 5.41) is 11.4. The van der Waals surface area contributed by atoms with Gasteiger partial charge in [-0.25, -0.2) is 19.4 Å². The average Bonchev–Trinajstić information content (AvgIpc) is 3.09. The molecule has 2 saturated carbocycles. The van der Waals surface area contributed by atoms with E-state index >= 15 is 0 Å². The highest BCUT2D eigenvalue weighted by Crippen LogP contribution is 2.64. The lowest BCUT2D eigenvalue weighted by Gasteiger charge is -2.41. The molecular formula is C20H26O7. The highest BCUT2D eigenvalue weighted by Gasteiger charge is 2.77. The number of rotatable bonds is 2. The number of hydrogen-bond donors (Lipinski definition) is 1. The molecule has 2 aliphatic carbocycles. The first-order chi connectivity index (χ1) is 12.5. The van der Waals surface area contributed by atoms with Gasteiger partial charge in [-0.1, -0.05) is 12.2 Å². The van der Waals surface area contributed by atoms with E-state index in [0.717, 1.165) is 5.57 Å². The number of fused-ring (bicyclic) bond motifs is 1. The van der Waals surface area contributed by atoms with E-state index in [0.29, 0.717) is 12.8 Å². The second-order valence-electron chi connectivity index (χ2n) is 8.94. The molecule has 4 aliphatic rings. The number of carbonyl (C=O) groups is 2. The van der Waals surface area contributed by atoms with Crippen molar-refractivity contribution in [3.63, 3.8) is 0 Å². The lowest BCUT2D eigenvalue weighted by molar-refractivity contribution is -0.394. The zero-order valence-electron chi connectivity index (χ0n) is 16.1. The van der Waals surface area contributed by atoms with Crippen molar-refractivity contribution in [1.29, 1.82) is 0 Å². The third-order valence-corrected chi connectivity index (χ3v) is 6.71. The second-order valence-corrected chi connectivity index (χ2v) is 8.94. The summed E-state index contributed by atoms with van der Waals surface area (Å²) in [6.07, 6.45) is 1.37. The SMILES string of the molecule is C=C1C(=O)O[C@H]2[C@H]1[C@@H](OC(=O)C=C(C)C)C[C@@](C)(O)[C@@]13CC[C@@](C)(OO1)[C@H]23. The number of allylic oxidation sites excluding steroid dienone is 1. The van der Waals surface area contributed by atoms with E-state index in [9.17, 15) is 14.7 Å². The molecule has 1 N–H and O–H groups in total. The second kappa shape index (κ2) is 5.65. The maximum atomic E-state index is 12.3. The summed E-state index contributed by atoms with van der Waals surface area (Å²) in [6, 6.07) is 0. The molecule has 2 saturated heterocycles. The van der Waals surface area contributed by atoms with Crippen LogP contribution in [0.4, 0.5) is 0 Å². The Bertz CT molecular complexity index is 737. The molecule has 7 heteroatoms. The quantitative estimate of drug-likeness (QED) is 0.446. The van der Waals surface area contributed by atoms with E-state index in [1.54, 1.807) is 20.8 Å². The molecule has 0 aromatic carbocycles. The zero-order chi connectivity index (χ0) is 19.8. The highest BCUT2D eigenvalue weighted by molar-refractivity contribution is 5.91. The summed E-state index contributed by atoms with van der Waals surface area (Å²) < 4.78 is 11.4. The fraction of sp³-hybridized carbons (Fsp3) is 0.700. The first-order valence-corrected chi connectivity index (χ1v) is 9.35. The first-order valence-electron chi connectivity index (χ1n) is 9.35. The van der Waals surface area contributed by atoms with Crippen LogP contribution < -0.4 is 0 Å². The smallest absolute Gasteiger partial charge is 0.334 e. The molecule has 0 aromatic rings. The van der Waals surface area contributed by atoms with Crippen LogP contribution >= 0.6 is 0 Å². The topological polar surface area (TPSA) is 91.3 Å². The molecule has 4 fully saturated rings. The number of esters is 2. The zero-order valence-corrected chi connectivity index (χ0v) is 16.1. The first kappa shape index (κ1) is 18.7. The van der Waals surface area contributed by atoms with Gasteiger partial charge in [0.25, 0.3) is 0 Å². The van der Waals surface area contributed by atoms with Gasteiger partial charge in [-0.15, -0.1) is 0 Å². The van der Waals surface area contributed by atoms with Gasteiger partial charge in [0.2, 0.25) is 0 Å². The summed E-state index contributed by atoms with van der Waals surface area (Å²) >= 11 is 0. The fourth-order valence-corrected chi connectivity index (χ4v) is 5.45. The molecule has 0 unspecified atom stereocenters. The van der Waals surface area contributed by atoms with Crippen molar-refractivity contribution in [3.05, 3.63) is 23.8 Å². The van der Waals surface area contributed by atoms with E-state index < -0.39 is 46.9 Å². The van der Waals surface area contributed by atoms with Crippen LogP contribution in [0.2, 0.25) is 0 Å². The lowest BCUT2D eigenvalue weighted by Crippen LogP contribution is -2.56. The summed E-state index contributed by atoms with van der Waals surface area (Å²) in [4.78, 5) is 36.0. The molecule has 0 aromatic heterocycles. The third kappa shape index (κ3) is 2.45. The molecule has 0 amide bonds. The Morgan fingerprint density at radius 1 is 1.30 bits per heavy atom. The van der Waals surface area contributed by atoms with Crippen molar-refractivity contribution in [2.24, 2.45) is 11.8 Å². The molecular weight excluding hydrogens is 352 g/mol. The Morgan fingerprint density at radius 2 is 2.00 bits per heavy atom. The molecule has 7 nitrogen and oxygen atoms in total. The predicted molar refractivity (Wildman–Crippen MR) is 93.1 cm³/mol. The maximum Gasteiger partial charge on any atom is 0.334 e. The lowest BCUT2D eigenvalue weighted by atomic mass is 9.72. The maximum absolute atomic E-state index is 12.3. The van der Waals surface area contributed by atoms with Crippen molar-refractivity contribution in [2.45, 2.75) is 76.0 Å². The minimum atomic E-state index is -1.33. The highest BCUT2D eigenvalue weighted by atomic mass is 17.2. The summed E-state index contributed by atoms with van der Waals surface area (Å²) in [6.45, 7) is 11.1. The van der Waals surface area contributed by atoms with Crippen LogP contribution in [-0.4, -0.2) is 46.1 Å². The van der Waals surface area contributed by atoms with Crippen molar-refractivity contribution in [3.8, 4) is 0 Å². The number of carbonyl (C=O) groups excluding carboxylic acids is 2. The monoisotopic (exact) mass is 378 g/mol. The molecule has 0 radical (unpaired) electrons. The molecule has 27 heavy (non-hydrogen) atoms. The molecule has 2 bridgehead atoms. The van der Waals surface area contributed by atoms with Gasteiger partial charge in [-0.2, -0.15) is 0 Å². The number of aliphatic hydroxyl groups is 1. The van der Waals surface area contributed by atoms with Crippen molar-refractivity contribution in [2.75, 3.05) is 0 Å². The standard InChI is InChI=1S/C20H26O7/c1-10(2)8-13(21)24-12-9-19(5,23)20-7-6-18(4,26-27-20)16(20)15-14(12)11(3)17(22)25-15/h8,12,14-16,23H,3,6-7,9H2,1-2,4-5H3/t12-,14+,15-,16-,18+,19+,20-/m0/s1. The fourth-order valence-electron chi connectivity index (χ4n) is 5.45. The van der Waals surface area contributed by atoms with Crippen LogP contribution in [0.15, 0.2) is 23.8 Å². The van der Waals surface area contributed by atoms with Crippen LogP contribution in [0.5, 0.6) is 0 Å². The molecule has 2 heterocycles. The molecule has 148 valence electrons. The van der Waals surface area contributed by atoms with Crippen LogP contribution in [0, 0.1) is 11.8 Å². The van der Waals surface area contributed by atoms with Gasteiger partial charge < -0.3 is 14.6 Å².